The lowest BCUT2D eigenvalue weighted by molar-refractivity contribution is 0.600. The van der Waals surface area contributed by atoms with Crippen LogP contribution in [0.3, 0.4) is 0 Å². The molecule has 0 saturated heterocycles. The molecular weight excluding hydrogens is 301 g/mol. The molecule has 0 aliphatic carbocycles. The molecule has 104 valence electrons. The second-order valence-corrected chi connectivity index (χ2v) is 5.98. The summed E-state index contributed by atoms with van der Waals surface area (Å²) in [6.45, 7) is 0. The van der Waals surface area contributed by atoms with Gasteiger partial charge >= 0.3 is 0 Å². The molecule has 0 spiro atoms. The first-order valence-electron chi connectivity index (χ1n) is 5.43. The summed E-state index contributed by atoms with van der Waals surface area (Å²) < 4.78 is 39.2. The van der Waals surface area contributed by atoms with E-state index in [1.165, 1.54) is 24.3 Å². The number of rotatable bonds is 4. The molecule has 0 radical (unpaired) electrons. The van der Waals surface area contributed by atoms with Gasteiger partial charge < -0.3 is 5.73 Å². The molecule has 8 heteroatoms. The van der Waals surface area contributed by atoms with Crippen molar-refractivity contribution < 1.29 is 12.8 Å². The molecule has 1 aromatic heterocycles. The minimum atomic E-state index is -3.79. The average Bonchev–Trinajstić information content (AvgIpc) is 2.41. The fraction of sp³-hybridized carbons (Fsp3) is 0. The van der Waals surface area contributed by atoms with Crippen molar-refractivity contribution in [2.24, 2.45) is 5.73 Å². The predicted octanol–water partition coefficient (Wildman–Crippen LogP) is 1.66. The normalized spacial score (nSPS) is 11.1. The van der Waals surface area contributed by atoms with Gasteiger partial charge in [0.15, 0.2) is 0 Å². The van der Waals surface area contributed by atoms with Crippen molar-refractivity contribution >= 4 is 32.9 Å². The third-order valence-electron chi connectivity index (χ3n) is 2.40. The van der Waals surface area contributed by atoms with Gasteiger partial charge in [-0.1, -0.05) is 12.2 Å². The van der Waals surface area contributed by atoms with E-state index in [1.54, 1.807) is 0 Å². The van der Waals surface area contributed by atoms with Crippen LogP contribution in [0.25, 0.3) is 0 Å². The van der Waals surface area contributed by atoms with Gasteiger partial charge in [0.1, 0.15) is 15.7 Å². The van der Waals surface area contributed by atoms with Crippen molar-refractivity contribution in [1.29, 1.82) is 0 Å². The van der Waals surface area contributed by atoms with E-state index in [0.29, 0.717) is 5.69 Å². The maximum absolute atomic E-state index is 12.8. The number of hydrogen-bond acceptors (Lipinski definition) is 4. The highest BCUT2D eigenvalue weighted by Crippen LogP contribution is 2.15. The third-order valence-corrected chi connectivity index (χ3v) is 3.97. The predicted molar refractivity (Wildman–Crippen MR) is 77.3 cm³/mol. The molecule has 3 N–H and O–H groups in total. The van der Waals surface area contributed by atoms with E-state index >= 15 is 0 Å². The summed E-state index contributed by atoms with van der Waals surface area (Å²) in [6, 6.07) is 7.72. The Bertz CT molecular complexity index is 728. The van der Waals surface area contributed by atoms with E-state index < -0.39 is 15.8 Å². The van der Waals surface area contributed by atoms with Crippen LogP contribution in [-0.2, 0) is 10.0 Å². The number of nitrogens with two attached hydrogens (primary N) is 1. The molecule has 1 heterocycles. The number of nitrogens with one attached hydrogen (secondary N) is 1. The minimum absolute atomic E-state index is 0.0400. The van der Waals surface area contributed by atoms with Crippen molar-refractivity contribution in [3.63, 3.8) is 0 Å². The Hall–Kier alpha value is -2.06. The van der Waals surface area contributed by atoms with E-state index in [2.05, 4.69) is 9.71 Å². The zero-order valence-electron chi connectivity index (χ0n) is 10.1. The number of anilines is 1. The Kier molecular flexibility index (Phi) is 3.96. The maximum Gasteiger partial charge on any atom is 0.263 e. The van der Waals surface area contributed by atoms with Crippen LogP contribution in [0.4, 0.5) is 10.1 Å². The van der Waals surface area contributed by atoms with Gasteiger partial charge in [-0.3, -0.25) is 9.71 Å². The van der Waals surface area contributed by atoms with Crippen LogP contribution in [0.5, 0.6) is 0 Å². The quantitative estimate of drug-likeness (QED) is 0.839. The first-order valence-corrected chi connectivity index (χ1v) is 7.32. The summed E-state index contributed by atoms with van der Waals surface area (Å²) in [6.07, 6.45) is 1.15. The zero-order chi connectivity index (χ0) is 14.8. The van der Waals surface area contributed by atoms with Gasteiger partial charge in [0.05, 0.1) is 5.69 Å². The molecule has 1 aromatic carbocycles. The monoisotopic (exact) mass is 311 g/mol. The van der Waals surface area contributed by atoms with Crippen molar-refractivity contribution in [3.8, 4) is 0 Å². The maximum atomic E-state index is 12.8. The molecule has 0 amide bonds. The Labute approximate surface area is 120 Å². The van der Waals surface area contributed by atoms with E-state index in [4.69, 9.17) is 18.0 Å². The molecule has 5 nitrogen and oxygen atoms in total. The van der Waals surface area contributed by atoms with Crippen LogP contribution in [-0.4, -0.2) is 18.4 Å². The van der Waals surface area contributed by atoms with E-state index in [0.717, 1.165) is 18.3 Å². The molecule has 2 rings (SSSR count). The van der Waals surface area contributed by atoms with Gasteiger partial charge in [-0.05, 0) is 36.4 Å². The summed E-state index contributed by atoms with van der Waals surface area (Å²) >= 11 is 4.73. The lowest BCUT2D eigenvalue weighted by Gasteiger charge is -2.08. The highest BCUT2D eigenvalue weighted by Gasteiger charge is 2.15. The first kappa shape index (κ1) is 14.4. The van der Waals surface area contributed by atoms with Crippen LogP contribution < -0.4 is 10.5 Å². The van der Waals surface area contributed by atoms with Gasteiger partial charge in [-0.15, -0.1) is 0 Å². The number of aromatic nitrogens is 1. The van der Waals surface area contributed by atoms with Gasteiger partial charge in [-0.25, -0.2) is 12.8 Å². The van der Waals surface area contributed by atoms with Crippen LogP contribution in [0.2, 0.25) is 0 Å². The number of pyridine rings is 1. The molecule has 0 atom stereocenters. The van der Waals surface area contributed by atoms with Crippen LogP contribution in [0.15, 0.2) is 47.5 Å². The second kappa shape index (κ2) is 5.51. The summed E-state index contributed by atoms with van der Waals surface area (Å²) in [5.41, 5.74) is 5.97. The lowest BCUT2D eigenvalue weighted by Crippen LogP contribution is -2.15. The minimum Gasteiger partial charge on any atom is -0.388 e. The fourth-order valence-corrected chi connectivity index (χ4v) is 2.54. The first-order chi connectivity index (χ1) is 9.38. The zero-order valence-corrected chi connectivity index (χ0v) is 11.7. The number of halogens is 1. The molecule has 0 aliphatic rings. The molecule has 0 fully saturated rings. The highest BCUT2D eigenvalue weighted by atomic mass is 32.2. The van der Waals surface area contributed by atoms with Gasteiger partial charge in [0.25, 0.3) is 10.0 Å². The summed E-state index contributed by atoms with van der Waals surface area (Å²) in [7, 11) is -3.79. The lowest BCUT2D eigenvalue weighted by atomic mass is 10.3. The third kappa shape index (κ3) is 3.28. The largest absolute Gasteiger partial charge is 0.388 e. The second-order valence-electron chi connectivity index (χ2n) is 3.86. The molecule has 0 unspecified atom stereocenters. The van der Waals surface area contributed by atoms with E-state index in [1.807, 2.05) is 0 Å². The Morgan fingerprint density at radius 1 is 1.20 bits per heavy atom. The van der Waals surface area contributed by atoms with E-state index in [9.17, 15) is 12.8 Å². The smallest absolute Gasteiger partial charge is 0.263 e. The topological polar surface area (TPSA) is 85.1 Å². The molecule has 2 aromatic rings. The SMILES string of the molecule is NC(=S)c1ccc(S(=O)(=O)Nc2ccc(F)cc2)cn1. The van der Waals surface area contributed by atoms with Crippen LogP contribution in [0.1, 0.15) is 5.69 Å². The number of benzene rings is 1. The van der Waals surface area contributed by atoms with E-state index in [-0.39, 0.29) is 15.6 Å². The van der Waals surface area contributed by atoms with Crippen molar-refractivity contribution in [3.05, 3.63) is 54.1 Å². The number of hydrogen-bond donors (Lipinski definition) is 2. The number of nitrogens with zero attached hydrogens (tertiary/aromatic N) is 1. The van der Waals surface area contributed by atoms with Gasteiger partial charge in [-0.2, -0.15) is 0 Å². The van der Waals surface area contributed by atoms with Crippen LogP contribution in [0, 0.1) is 5.82 Å². The van der Waals surface area contributed by atoms with Crippen molar-refractivity contribution in [2.45, 2.75) is 4.90 Å². The Morgan fingerprint density at radius 2 is 1.85 bits per heavy atom. The highest BCUT2D eigenvalue weighted by molar-refractivity contribution is 7.92. The number of thiocarbonyl (C=S) groups is 1. The molecule has 0 aliphatic heterocycles. The Morgan fingerprint density at radius 3 is 2.35 bits per heavy atom. The van der Waals surface area contributed by atoms with Gasteiger partial charge in [0.2, 0.25) is 0 Å². The average molecular weight is 311 g/mol. The van der Waals surface area contributed by atoms with Crippen molar-refractivity contribution in [1.82, 2.24) is 4.98 Å². The van der Waals surface area contributed by atoms with Gasteiger partial charge in [0, 0.05) is 11.9 Å². The summed E-state index contributed by atoms with van der Waals surface area (Å²) in [5.74, 6) is -0.449. The standard InChI is InChI=1S/C12H10FN3O2S2/c13-8-1-3-9(4-2-8)16-20(17,18)10-5-6-11(12(14)19)15-7-10/h1-7,16H,(H2,14,19). The molecule has 0 saturated carbocycles. The fourth-order valence-electron chi connectivity index (χ4n) is 1.42. The summed E-state index contributed by atoms with van der Waals surface area (Å²) in [5, 5.41) is 0. The van der Waals surface area contributed by atoms with Crippen LogP contribution >= 0.6 is 12.2 Å². The molecule has 20 heavy (non-hydrogen) atoms. The van der Waals surface area contributed by atoms with Crippen molar-refractivity contribution in [2.75, 3.05) is 4.72 Å². The Balaban J connectivity index is 2.26. The summed E-state index contributed by atoms with van der Waals surface area (Å²) in [4.78, 5) is 3.90. The molecule has 0 bridgehead atoms. The molecular formula is C12H10FN3O2S2. The number of sulfonamides is 1.